The van der Waals surface area contributed by atoms with Gasteiger partial charge < -0.3 is 15.4 Å². The molecule has 1 amide bonds. The Balaban J connectivity index is 1.22. The van der Waals surface area contributed by atoms with Gasteiger partial charge in [0.2, 0.25) is 17.7 Å². The average Bonchev–Trinajstić information content (AvgIpc) is 3.64. The fourth-order valence-corrected chi connectivity index (χ4v) is 3.86. The highest BCUT2D eigenvalue weighted by molar-refractivity contribution is 5.92. The minimum Gasteiger partial charge on any atom is -0.481 e. The molecule has 4 aromatic rings. The number of anilines is 3. The van der Waals surface area contributed by atoms with Gasteiger partial charge in [-0.15, -0.1) is 0 Å². The number of pyridine rings is 1. The molecule has 0 radical (unpaired) electrons. The van der Waals surface area contributed by atoms with Crippen LogP contribution in [0.25, 0.3) is 11.1 Å². The SMILES string of the molecule is COc1ncc(NC(=O)Cc2ccc(-c3cnc(Nc4cnn(C5CC5)c4)nc3)cc2F)cc1C(C)(F)F. The average molecular weight is 524 g/mol. The van der Waals surface area contributed by atoms with Crippen molar-refractivity contribution in [1.29, 1.82) is 0 Å². The number of hydrogen-bond acceptors (Lipinski definition) is 7. The number of hydrogen-bond donors (Lipinski definition) is 2. The van der Waals surface area contributed by atoms with Gasteiger partial charge in [-0.25, -0.2) is 28.1 Å². The first-order chi connectivity index (χ1) is 18.2. The molecular weight excluding hydrogens is 499 g/mol. The molecule has 3 aromatic heterocycles. The third-order valence-electron chi connectivity index (χ3n) is 5.97. The Kier molecular flexibility index (Phi) is 6.70. The second kappa shape index (κ2) is 10.1. The topological polar surface area (TPSA) is 107 Å². The number of aromatic nitrogens is 5. The Bertz CT molecular complexity index is 1460. The van der Waals surface area contributed by atoms with E-state index in [1.807, 2.05) is 10.9 Å². The van der Waals surface area contributed by atoms with E-state index in [1.165, 1.54) is 25.4 Å². The fraction of sp³-hybridized carbons (Fsp3) is 0.269. The van der Waals surface area contributed by atoms with Crippen LogP contribution < -0.4 is 15.4 Å². The molecular formula is C26H24F3N7O2. The van der Waals surface area contributed by atoms with Crippen LogP contribution in [0.2, 0.25) is 0 Å². The van der Waals surface area contributed by atoms with Crippen LogP contribution in [0, 0.1) is 5.82 Å². The van der Waals surface area contributed by atoms with Gasteiger partial charge in [-0.1, -0.05) is 12.1 Å². The third kappa shape index (κ3) is 5.74. The Hall–Kier alpha value is -4.48. The molecule has 0 saturated heterocycles. The highest BCUT2D eigenvalue weighted by atomic mass is 19.3. The Morgan fingerprint density at radius 3 is 2.50 bits per heavy atom. The number of alkyl halides is 2. The molecule has 12 heteroatoms. The monoisotopic (exact) mass is 523 g/mol. The van der Waals surface area contributed by atoms with Crippen molar-refractivity contribution in [2.45, 2.75) is 38.2 Å². The summed E-state index contributed by atoms with van der Waals surface area (Å²) in [7, 11) is 1.23. The highest BCUT2D eigenvalue weighted by Crippen LogP contribution is 2.35. The number of benzene rings is 1. The zero-order valence-corrected chi connectivity index (χ0v) is 20.6. The predicted molar refractivity (Wildman–Crippen MR) is 134 cm³/mol. The zero-order chi connectivity index (χ0) is 26.9. The molecule has 1 saturated carbocycles. The number of carbonyl (C=O) groups excluding carboxylic acids is 1. The van der Waals surface area contributed by atoms with E-state index in [-0.39, 0.29) is 23.6 Å². The molecule has 0 bridgehead atoms. The lowest BCUT2D eigenvalue weighted by molar-refractivity contribution is -0.115. The summed E-state index contributed by atoms with van der Waals surface area (Å²) in [5.74, 6) is -4.26. The van der Waals surface area contributed by atoms with Crippen LogP contribution in [0.1, 0.15) is 36.9 Å². The summed E-state index contributed by atoms with van der Waals surface area (Å²) >= 11 is 0. The van der Waals surface area contributed by atoms with E-state index in [0.717, 1.165) is 24.6 Å². The minimum atomic E-state index is -3.22. The molecule has 38 heavy (non-hydrogen) atoms. The summed E-state index contributed by atoms with van der Waals surface area (Å²) in [6, 6.07) is 5.99. The molecule has 0 aliphatic heterocycles. The van der Waals surface area contributed by atoms with Crippen molar-refractivity contribution in [3.05, 3.63) is 72.2 Å². The third-order valence-corrected chi connectivity index (χ3v) is 5.97. The number of rotatable bonds is 9. The lowest BCUT2D eigenvalue weighted by Gasteiger charge is -2.15. The van der Waals surface area contributed by atoms with Crippen LogP contribution in [0.3, 0.4) is 0 Å². The number of halogens is 3. The van der Waals surface area contributed by atoms with E-state index >= 15 is 0 Å². The number of methoxy groups -OCH3 is 1. The minimum absolute atomic E-state index is 0.0510. The van der Waals surface area contributed by atoms with Gasteiger partial charge in [-0.3, -0.25) is 9.48 Å². The number of nitrogens with one attached hydrogen (secondary N) is 2. The maximum absolute atomic E-state index is 14.8. The van der Waals surface area contributed by atoms with E-state index in [4.69, 9.17) is 4.74 Å². The maximum Gasteiger partial charge on any atom is 0.275 e. The van der Waals surface area contributed by atoms with Gasteiger partial charge >= 0.3 is 0 Å². The molecule has 3 heterocycles. The summed E-state index contributed by atoms with van der Waals surface area (Å²) in [5.41, 5.74) is 1.63. The van der Waals surface area contributed by atoms with Crippen LogP contribution in [-0.4, -0.2) is 37.7 Å². The molecule has 1 aliphatic carbocycles. The first-order valence-electron chi connectivity index (χ1n) is 11.8. The van der Waals surface area contributed by atoms with Crippen molar-refractivity contribution in [2.24, 2.45) is 0 Å². The summed E-state index contributed by atoms with van der Waals surface area (Å²) in [4.78, 5) is 24.9. The summed E-state index contributed by atoms with van der Waals surface area (Å²) < 4.78 is 49.3. The van der Waals surface area contributed by atoms with E-state index in [1.54, 1.807) is 24.7 Å². The van der Waals surface area contributed by atoms with Crippen LogP contribution in [0.15, 0.2) is 55.2 Å². The lowest BCUT2D eigenvalue weighted by atomic mass is 10.0. The largest absolute Gasteiger partial charge is 0.481 e. The molecule has 0 unspecified atom stereocenters. The quantitative estimate of drug-likeness (QED) is 0.308. The maximum atomic E-state index is 14.8. The summed E-state index contributed by atoms with van der Waals surface area (Å²) in [5, 5.41) is 9.88. The van der Waals surface area contributed by atoms with E-state index in [9.17, 15) is 18.0 Å². The zero-order valence-electron chi connectivity index (χ0n) is 20.6. The molecule has 1 fully saturated rings. The van der Waals surface area contributed by atoms with Gasteiger partial charge in [0.25, 0.3) is 5.92 Å². The van der Waals surface area contributed by atoms with Crippen molar-refractivity contribution < 1.29 is 22.7 Å². The second-order valence-electron chi connectivity index (χ2n) is 9.06. The van der Waals surface area contributed by atoms with E-state index < -0.39 is 23.2 Å². The molecule has 0 atom stereocenters. The van der Waals surface area contributed by atoms with Crippen LogP contribution in [0.5, 0.6) is 5.88 Å². The predicted octanol–water partition coefficient (Wildman–Crippen LogP) is 5.25. The summed E-state index contributed by atoms with van der Waals surface area (Å²) in [6.45, 7) is 0.703. The number of nitrogens with zero attached hydrogens (tertiary/aromatic N) is 5. The number of amides is 1. The lowest BCUT2D eigenvalue weighted by Crippen LogP contribution is -2.17. The molecule has 1 aliphatic rings. The van der Waals surface area contributed by atoms with Gasteiger partial charge in [0.05, 0.1) is 48.9 Å². The smallest absolute Gasteiger partial charge is 0.275 e. The van der Waals surface area contributed by atoms with Gasteiger partial charge in [0, 0.05) is 31.1 Å². The van der Waals surface area contributed by atoms with Crippen molar-refractivity contribution in [2.75, 3.05) is 17.7 Å². The summed E-state index contributed by atoms with van der Waals surface area (Å²) in [6.07, 6.45) is 9.92. The standard InChI is InChI=1S/C26H24F3N7O2/c1-26(28,29)21-9-18(12-30-24(21)38-2)34-23(37)8-16-4-3-15(7-22(16)27)17-10-31-25(32-11-17)35-19-13-33-36(14-19)20-5-6-20/h3-4,7,9-14,20H,5-6,8H2,1-2H3,(H,34,37)(H,31,32,35). The molecule has 196 valence electrons. The second-order valence-corrected chi connectivity index (χ2v) is 9.06. The normalized spacial score (nSPS) is 13.3. The van der Waals surface area contributed by atoms with Crippen LogP contribution in [-0.2, 0) is 17.1 Å². The van der Waals surface area contributed by atoms with E-state index in [2.05, 4.69) is 30.7 Å². The van der Waals surface area contributed by atoms with Gasteiger partial charge in [0.15, 0.2) is 0 Å². The molecule has 0 spiro atoms. The number of carbonyl (C=O) groups is 1. The van der Waals surface area contributed by atoms with Crippen molar-refractivity contribution in [1.82, 2.24) is 24.7 Å². The fourth-order valence-electron chi connectivity index (χ4n) is 3.86. The van der Waals surface area contributed by atoms with Gasteiger partial charge in [0.1, 0.15) is 5.82 Å². The Morgan fingerprint density at radius 1 is 1.08 bits per heavy atom. The Labute approximate surface area is 216 Å². The molecule has 9 nitrogen and oxygen atoms in total. The molecule has 1 aromatic carbocycles. The van der Waals surface area contributed by atoms with E-state index in [0.29, 0.717) is 30.0 Å². The molecule has 5 rings (SSSR count). The van der Waals surface area contributed by atoms with Crippen LogP contribution >= 0.6 is 0 Å². The highest BCUT2D eigenvalue weighted by Gasteiger charge is 2.30. The van der Waals surface area contributed by atoms with Crippen molar-refractivity contribution >= 4 is 23.2 Å². The first kappa shape index (κ1) is 25.2. The Morgan fingerprint density at radius 2 is 1.84 bits per heavy atom. The van der Waals surface area contributed by atoms with Crippen molar-refractivity contribution in [3.8, 4) is 17.0 Å². The van der Waals surface area contributed by atoms with Crippen LogP contribution in [0.4, 0.5) is 30.5 Å². The van der Waals surface area contributed by atoms with Crippen molar-refractivity contribution in [3.63, 3.8) is 0 Å². The van der Waals surface area contributed by atoms with Gasteiger partial charge in [-0.05, 0) is 36.1 Å². The van der Waals surface area contributed by atoms with Gasteiger partial charge in [-0.2, -0.15) is 5.10 Å². The first-order valence-corrected chi connectivity index (χ1v) is 11.8. The molecule has 2 N–H and O–H groups in total. The number of ether oxygens (including phenoxy) is 1.